The van der Waals surface area contributed by atoms with Gasteiger partial charge in [-0.05, 0) is 78.8 Å². The number of carbonyl (C=O) groups excluding carboxylic acids is 2. The number of anilines is 2. The van der Waals surface area contributed by atoms with Crippen molar-refractivity contribution in [3.8, 4) is 28.4 Å². The topological polar surface area (TPSA) is 133 Å². The van der Waals surface area contributed by atoms with E-state index in [9.17, 15) is 14.4 Å². The van der Waals surface area contributed by atoms with Gasteiger partial charge in [0, 0.05) is 38.2 Å². The molecule has 1 atom stereocenters. The van der Waals surface area contributed by atoms with Gasteiger partial charge in [0.25, 0.3) is 0 Å². The molecule has 3 N–H and O–H groups in total. The number of nitrogens with zero attached hydrogens (tertiary/aromatic N) is 2. The maximum Gasteiger partial charge on any atom is 0.224 e. The van der Waals surface area contributed by atoms with Gasteiger partial charge in [-0.1, -0.05) is 12.5 Å². The molecule has 1 heterocycles. The minimum atomic E-state index is -0.369. The minimum absolute atomic E-state index is 0.0413. The van der Waals surface area contributed by atoms with Crippen LogP contribution in [0.3, 0.4) is 0 Å². The molecule has 4 aromatic rings. The summed E-state index contributed by atoms with van der Waals surface area (Å²) in [6.07, 6.45) is 5.70. The van der Waals surface area contributed by atoms with Gasteiger partial charge in [0.2, 0.25) is 23.0 Å². The van der Waals surface area contributed by atoms with E-state index in [1.807, 2.05) is 41.9 Å². The van der Waals surface area contributed by atoms with E-state index in [1.54, 1.807) is 39.8 Å². The molecule has 1 aliphatic carbocycles. The van der Waals surface area contributed by atoms with Crippen LogP contribution in [0.2, 0.25) is 0 Å². The number of hydrogen-bond acceptors (Lipinski definition) is 8. The van der Waals surface area contributed by atoms with E-state index in [1.165, 1.54) is 6.92 Å². The Balaban J connectivity index is 1.27. The lowest BCUT2D eigenvalue weighted by Crippen LogP contribution is -2.26. The Labute approximate surface area is 268 Å². The van der Waals surface area contributed by atoms with Crippen LogP contribution in [0.25, 0.3) is 22.2 Å². The molecular formula is C35H41N5O6. The van der Waals surface area contributed by atoms with Crippen molar-refractivity contribution in [2.75, 3.05) is 38.5 Å². The maximum absolute atomic E-state index is 13.5. The lowest BCUT2D eigenvalue weighted by Gasteiger charge is -2.19. The normalized spacial score (nSPS) is 13.6. The van der Waals surface area contributed by atoms with Crippen molar-refractivity contribution in [3.63, 3.8) is 0 Å². The molecule has 0 bridgehead atoms. The average molecular weight is 628 g/mol. The fraction of sp³-hybridized carbons (Fsp3) is 0.371. The molecule has 3 aromatic carbocycles. The Kier molecular flexibility index (Phi) is 10.1. The number of methoxy groups -OCH3 is 3. The Morgan fingerprint density at radius 2 is 1.78 bits per heavy atom. The summed E-state index contributed by atoms with van der Waals surface area (Å²) in [6.45, 7) is 2.05. The van der Waals surface area contributed by atoms with Crippen LogP contribution >= 0.6 is 0 Å². The molecule has 46 heavy (non-hydrogen) atoms. The second-order valence-corrected chi connectivity index (χ2v) is 11.4. The number of hydrogen-bond donors (Lipinski definition) is 3. The van der Waals surface area contributed by atoms with E-state index in [0.29, 0.717) is 54.3 Å². The van der Waals surface area contributed by atoms with Crippen molar-refractivity contribution in [2.24, 2.45) is 7.05 Å². The van der Waals surface area contributed by atoms with Gasteiger partial charge in [0.05, 0.1) is 50.4 Å². The molecular weight excluding hydrogens is 586 g/mol. The van der Waals surface area contributed by atoms with Crippen LogP contribution in [0, 0.1) is 0 Å². The lowest BCUT2D eigenvalue weighted by molar-refractivity contribution is -0.119. The average Bonchev–Trinajstić information content (AvgIpc) is 3.24. The summed E-state index contributed by atoms with van der Waals surface area (Å²) in [5, 5.41) is 9.26. The largest absolute Gasteiger partial charge is 0.493 e. The van der Waals surface area contributed by atoms with Crippen molar-refractivity contribution < 1.29 is 23.8 Å². The van der Waals surface area contributed by atoms with Crippen molar-refractivity contribution in [1.29, 1.82) is 0 Å². The van der Waals surface area contributed by atoms with Crippen molar-refractivity contribution in [1.82, 2.24) is 14.9 Å². The highest BCUT2D eigenvalue weighted by atomic mass is 16.5. The van der Waals surface area contributed by atoms with Crippen LogP contribution in [-0.2, 0) is 23.1 Å². The summed E-state index contributed by atoms with van der Waals surface area (Å²) in [4.78, 5) is 42.5. The summed E-state index contributed by atoms with van der Waals surface area (Å²) in [5.74, 6) is 1.30. The smallest absolute Gasteiger partial charge is 0.224 e. The minimum Gasteiger partial charge on any atom is -0.493 e. The molecule has 1 aromatic heterocycles. The molecule has 0 saturated carbocycles. The third-order valence-corrected chi connectivity index (χ3v) is 8.32. The third-order valence-electron chi connectivity index (χ3n) is 8.32. The first-order valence-electron chi connectivity index (χ1n) is 15.5. The van der Waals surface area contributed by atoms with Crippen LogP contribution in [0.5, 0.6) is 17.2 Å². The van der Waals surface area contributed by atoms with E-state index >= 15 is 0 Å². The lowest BCUT2D eigenvalue weighted by atomic mass is 9.95. The Hall–Kier alpha value is -5.06. The SMILES string of the molecule is COc1cc2c(c(OC)c1OC)-c1ccc(NCCCCCC(=O)Nc3ccc4c(c3)ncn4C)c(=O)cc1[C@H](NC(C)=O)CC2. The zero-order valence-electron chi connectivity index (χ0n) is 27.0. The van der Waals surface area contributed by atoms with Crippen LogP contribution in [-0.4, -0.2) is 49.2 Å². The first-order chi connectivity index (χ1) is 22.2. The van der Waals surface area contributed by atoms with Gasteiger partial charge in [-0.25, -0.2) is 4.98 Å². The number of nitrogens with one attached hydrogen (secondary N) is 3. The number of fused-ring (bicyclic) bond motifs is 4. The highest BCUT2D eigenvalue weighted by Crippen LogP contribution is 2.50. The summed E-state index contributed by atoms with van der Waals surface area (Å²) >= 11 is 0. The van der Waals surface area contributed by atoms with Crippen molar-refractivity contribution >= 4 is 34.2 Å². The molecule has 5 rings (SSSR count). The zero-order chi connectivity index (χ0) is 32.8. The van der Waals surface area contributed by atoms with Crippen LogP contribution in [0.15, 0.2) is 53.6 Å². The highest BCUT2D eigenvalue weighted by molar-refractivity contribution is 5.93. The standard InChI is InChI=1S/C35H41N5O6/c1-21(41)38-26-13-10-22-17-31(44-3)34(45-4)35(46-5)33(22)24-12-14-27(30(42)19-25(24)26)36-16-8-6-7-9-32(43)39-23-11-15-29-28(18-23)37-20-40(29)2/h11-12,14-15,17-20,26H,6-10,13,16H2,1-5H3,(H,36,42)(H,38,41)(H,39,43)/t26-/m1/s1. The fourth-order valence-corrected chi connectivity index (χ4v) is 6.10. The molecule has 2 amide bonds. The number of aryl methyl sites for hydroxylation is 2. The van der Waals surface area contributed by atoms with Gasteiger partial charge in [-0.2, -0.15) is 0 Å². The molecule has 11 nitrogen and oxygen atoms in total. The maximum atomic E-state index is 13.5. The number of aromatic nitrogens is 2. The van der Waals surface area contributed by atoms with Crippen molar-refractivity contribution in [3.05, 3.63) is 70.1 Å². The summed E-state index contributed by atoms with van der Waals surface area (Å²) in [7, 11) is 6.65. The Morgan fingerprint density at radius 3 is 2.52 bits per heavy atom. The number of amides is 2. The first-order valence-corrected chi connectivity index (χ1v) is 15.5. The van der Waals surface area contributed by atoms with Gasteiger partial charge in [-0.15, -0.1) is 0 Å². The van der Waals surface area contributed by atoms with Gasteiger partial charge < -0.3 is 34.7 Å². The zero-order valence-corrected chi connectivity index (χ0v) is 27.0. The van der Waals surface area contributed by atoms with Gasteiger partial charge in [-0.3, -0.25) is 14.4 Å². The molecule has 1 aliphatic rings. The number of imidazole rings is 1. The number of carbonyl (C=O) groups is 2. The fourth-order valence-electron chi connectivity index (χ4n) is 6.10. The number of rotatable bonds is 12. The highest BCUT2D eigenvalue weighted by Gasteiger charge is 2.29. The van der Waals surface area contributed by atoms with E-state index < -0.39 is 0 Å². The second-order valence-electron chi connectivity index (χ2n) is 11.4. The summed E-state index contributed by atoms with van der Waals surface area (Å²) in [5.41, 5.74) is 6.13. The molecule has 242 valence electrons. The first kappa shape index (κ1) is 32.3. The molecule has 0 unspecified atom stereocenters. The van der Waals surface area contributed by atoms with Crippen LogP contribution in [0.1, 0.15) is 56.2 Å². The van der Waals surface area contributed by atoms with Gasteiger partial charge in [0.15, 0.2) is 11.5 Å². The molecule has 11 heteroatoms. The molecule has 0 spiro atoms. The molecule has 0 aliphatic heterocycles. The number of benzene rings is 2. The monoisotopic (exact) mass is 627 g/mol. The molecule has 0 fully saturated rings. The van der Waals surface area contributed by atoms with Crippen LogP contribution < -0.4 is 35.6 Å². The van der Waals surface area contributed by atoms with Gasteiger partial charge >= 0.3 is 0 Å². The van der Waals surface area contributed by atoms with E-state index in [2.05, 4.69) is 20.9 Å². The Bertz CT molecular complexity index is 1820. The number of unbranched alkanes of at least 4 members (excludes halogenated alkanes) is 2. The van der Waals surface area contributed by atoms with E-state index in [4.69, 9.17) is 14.2 Å². The van der Waals surface area contributed by atoms with Gasteiger partial charge in [0.1, 0.15) is 0 Å². The molecule has 0 saturated heterocycles. The van der Waals surface area contributed by atoms with Crippen molar-refractivity contribution in [2.45, 2.75) is 51.5 Å². The second kappa shape index (κ2) is 14.4. The molecule has 0 radical (unpaired) electrons. The quantitative estimate of drug-likeness (QED) is 0.179. The van der Waals surface area contributed by atoms with Crippen LogP contribution in [0.4, 0.5) is 11.4 Å². The Morgan fingerprint density at radius 1 is 0.978 bits per heavy atom. The predicted octanol–water partition coefficient (Wildman–Crippen LogP) is 5.36. The predicted molar refractivity (Wildman–Crippen MR) is 179 cm³/mol. The summed E-state index contributed by atoms with van der Waals surface area (Å²) in [6, 6.07) is 12.5. The third kappa shape index (κ3) is 6.93. The summed E-state index contributed by atoms with van der Waals surface area (Å²) < 4.78 is 19.0. The van der Waals surface area contributed by atoms with E-state index in [-0.39, 0.29) is 23.3 Å². The number of ether oxygens (including phenoxy) is 3. The van der Waals surface area contributed by atoms with E-state index in [0.717, 1.165) is 52.7 Å².